The molecule has 1 aromatic rings. The Morgan fingerprint density at radius 2 is 1.94 bits per heavy atom. The second kappa shape index (κ2) is 5.48. The maximum Gasteiger partial charge on any atom is 0.573 e. The summed E-state index contributed by atoms with van der Waals surface area (Å²) in [6.45, 7) is 3.80. The van der Waals surface area contributed by atoms with Crippen molar-refractivity contribution in [2.75, 3.05) is 5.73 Å². The first kappa shape index (κ1) is 14.6. The number of hydrogen-bond donors (Lipinski definition) is 2. The van der Waals surface area contributed by atoms with Gasteiger partial charge in [0.05, 0.1) is 6.10 Å². The highest BCUT2D eigenvalue weighted by molar-refractivity contribution is 5.51. The third-order valence-electron chi connectivity index (χ3n) is 2.35. The highest BCUT2D eigenvalue weighted by atomic mass is 19.4. The van der Waals surface area contributed by atoms with Crippen molar-refractivity contribution >= 4 is 5.69 Å². The molecular formula is C12H16F3NO2. The van der Waals surface area contributed by atoms with E-state index < -0.39 is 12.5 Å². The fourth-order valence-corrected chi connectivity index (χ4v) is 1.61. The molecule has 1 atom stereocenters. The minimum absolute atomic E-state index is 0.201. The van der Waals surface area contributed by atoms with Gasteiger partial charge in [-0.25, -0.2) is 0 Å². The quantitative estimate of drug-likeness (QED) is 0.820. The molecule has 6 heteroatoms. The van der Waals surface area contributed by atoms with E-state index in [4.69, 9.17) is 5.73 Å². The van der Waals surface area contributed by atoms with Gasteiger partial charge in [-0.05, 0) is 30.5 Å². The van der Waals surface area contributed by atoms with Crippen LogP contribution in [-0.2, 0) is 0 Å². The van der Waals surface area contributed by atoms with Crippen LogP contribution < -0.4 is 10.5 Å². The lowest BCUT2D eigenvalue weighted by Gasteiger charge is -2.17. The SMILES string of the molecule is CC(C)CC(O)c1cc(OC(F)(F)F)ccc1N. The number of aliphatic hydroxyl groups excluding tert-OH is 1. The number of alkyl halides is 3. The molecule has 0 fully saturated rings. The van der Waals surface area contributed by atoms with Crippen molar-refractivity contribution in [2.45, 2.75) is 32.7 Å². The van der Waals surface area contributed by atoms with Crippen molar-refractivity contribution < 1.29 is 23.0 Å². The Bertz CT molecular complexity index is 405. The average molecular weight is 263 g/mol. The first-order valence-electron chi connectivity index (χ1n) is 5.52. The Morgan fingerprint density at radius 1 is 1.33 bits per heavy atom. The molecule has 102 valence electrons. The van der Waals surface area contributed by atoms with Crippen LogP contribution in [0.3, 0.4) is 0 Å². The van der Waals surface area contributed by atoms with Gasteiger partial charge in [0, 0.05) is 11.3 Å². The Labute approximate surface area is 103 Å². The molecule has 0 spiro atoms. The zero-order chi connectivity index (χ0) is 13.9. The van der Waals surface area contributed by atoms with Crippen molar-refractivity contribution in [1.29, 1.82) is 0 Å². The molecular weight excluding hydrogens is 247 g/mol. The lowest BCUT2D eigenvalue weighted by Crippen LogP contribution is -2.17. The van der Waals surface area contributed by atoms with Gasteiger partial charge < -0.3 is 15.6 Å². The number of anilines is 1. The second-order valence-electron chi connectivity index (χ2n) is 4.48. The molecule has 1 rings (SSSR count). The van der Waals surface area contributed by atoms with E-state index in [0.29, 0.717) is 6.42 Å². The lowest BCUT2D eigenvalue weighted by molar-refractivity contribution is -0.274. The summed E-state index contributed by atoms with van der Waals surface area (Å²) in [6, 6.07) is 3.53. The van der Waals surface area contributed by atoms with Crippen molar-refractivity contribution in [3.05, 3.63) is 23.8 Å². The second-order valence-corrected chi connectivity index (χ2v) is 4.48. The minimum Gasteiger partial charge on any atom is -0.406 e. The molecule has 1 aromatic carbocycles. The van der Waals surface area contributed by atoms with Crippen molar-refractivity contribution in [1.82, 2.24) is 0 Å². The van der Waals surface area contributed by atoms with Crippen molar-refractivity contribution in [3.8, 4) is 5.75 Å². The lowest BCUT2D eigenvalue weighted by atomic mass is 9.98. The molecule has 3 nitrogen and oxygen atoms in total. The fourth-order valence-electron chi connectivity index (χ4n) is 1.61. The Kier molecular flexibility index (Phi) is 4.45. The summed E-state index contributed by atoms with van der Waals surface area (Å²) in [6.07, 6.45) is -5.24. The first-order valence-corrected chi connectivity index (χ1v) is 5.52. The van der Waals surface area contributed by atoms with Gasteiger partial charge in [0.2, 0.25) is 0 Å². The number of nitrogen functional groups attached to an aromatic ring is 1. The van der Waals surface area contributed by atoms with Gasteiger partial charge in [0.15, 0.2) is 0 Å². The molecule has 0 amide bonds. The zero-order valence-electron chi connectivity index (χ0n) is 10.2. The maximum atomic E-state index is 12.1. The van der Waals surface area contributed by atoms with Gasteiger partial charge >= 0.3 is 6.36 Å². The van der Waals surface area contributed by atoms with E-state index in [1.54, 1.807) is 0 Å². The average Bonchev–Trinajstić information content (AvgIpc) is 2.17. The first-order chi connectivity index (χ1) is 8.19. The van der Waals surface area contributed by atoms with Crippen LogP contribution in [0.1, 0.15) is 31.9 Å². The minimum atomic E-state index is -4.75. The molecule has 18 heavy (non-hydrogen) atoms. The van der Waals surface area contributed by atoms with E-state index in [2.05, 4.69) is 4.74 Å². The Hall–Kier alpha value is -1.43. The molecule has 3 N–H and O–H groups in total. The molecule has 0 aliphatic carbocycles. The molecule has 0 aromatic heterocycles. The summed E-state index contributed by atoms with van der Waals surface area (Å²) in [5, 5.41) is 9.88. The van der Waals surface area contributed by atoms with Crippen LogP contribution in [0.5, 0.6) is 5.75 Å². The maximum absolute atomic E-state index is 12.1. The molecule has 0 bridgehead atoms. The van der Waals surface area contributed by atoms with Gasteiger partial charge in [-0.1, -0.05) is 13.8 Å². The summed E-state index contributed by atoms with van der Waals surface area (Å²) in [7, 11) is 0. The summed E-state index contributed by atoms with van der Waals surface area (Å²) in [4.78, 5) is 0. The van der Waals surface area contributed by atoms with Gasteiger partial charge in [-0.3, -0.25) is 0 Å². The summed E-state index contributed by atoms with van der Waals surface area (Å²) in [5.41, 5.74) is 6.14. The molecule has 0 aliphatic heterocycles. The van der Waals surface area contributed by atoms with E-state index in [0.717, 1.165) is 12.1 Å². The highest BCUT2D eigenvalue weighted by Crippen LogP contribution is 2.31. The monoisotopic (exact) mass is 263 g/mol. The smallest absolute Gasteiger partial charge is 0.406 e. The summed E-state index contributed by atoms with van der Waals surface area (Å²) < 4.78 is 40.0. The molecule has 0 saturated heterocycles. The summed E-state index contributed by atoms with van der Waals surface area (Å²) in [5.74, 6) is -0.180. The molecule has 0 radical (unpaired) electrons. The predicted molar refractivity (Wildman–Crippen MR) is 62.0 cm³/mol. The van der Waals surface area contributed by atoms with E-state index >= 15 is 0 Å². The van der Waals surface area contributed by atoms with Gasteiger partial charge in [0.1, 0.15) is 5.75 Å². The number of rotatable bonds is 4. The highest BCUT2D eigenvalue weighted by Gasteiger charge is 2.31. The Morgan fingerprint density at radius 3 is 2.44 bits per heavy atom. The molecule has 1 unspecified atom stereocenters. The van der Waals surface area contributed by atoms with Crippen LogP contribution in [0.25, 0.3) is 0 Å². The Balaban J connectivity index is 2.94. The third kappa shape index (κ3) is 4.44. The molecule has 0 aliphatic rings. The van der Waals surface area contributed by atoms with Crippen LogP contribution >= 0.6 is 0 Å². The van der Waals surface area contributed by atoms with Crippen LogP contribution in [0.15, 0.2) is 18.2 Å². The number of hydrogen-bond acceptors (Lipinski definition) is 3. The number of aliphatic hydroxyl groups is 1. The van der Waals surface area contributed by atoms with Crippen LogP contribution in [-0.4, -0.2) is 11.5 Å². The summed E-state index contributed by atoms with van der Waals surface area (Å²) >= 11 is 0. The fraction of sp³-hybridized carbons (Fsp3) is 0.500. The van der Waals surface area contributed by atoms with E-state index in [1.165, 1.54) is 6.07 Å². The van der Waals surface area contributed by atoms with E-state index in [9.17, 15) is 18.3 Å². The predicted octanol–water partition coefficient (Wildman–Crippen LogP) is 3.25. The van der Waals surface area contributed by atoms with E-state index in [-0.39, 0.29) is 22.9 Å². The van der Waals surface area contributed by atoms with Crippen LogP contribution in [0.2, 0.25) is 0 Å². The largest absolute Gasteiger partial charge is 0.573 e. The number of nitrogens with two attached hydrogens (primary N) is 1. The van der Waals surface area contributed by atoms with Crippen LogP contribution in [0, 0.1) is 5.92 Å². The van der Waals surface area contributed by atoms with Crippen molar-refractivity contribution in [2.24, 2.45) is 5.92 Å². The van der Waals surface area contributed by atoms with Gasteiger partial charge in [-0.2, -0.15) is 0 Å². The molecule has 0 saturated carbocycles. The number of benzene rings is 1. The zero-order valence-corrected chi connectivity index (χ0v) is 10.2. The van der Waals surface area contributed by atoms with Gasteiger partial charge in [0.25, 0.3) is 0 Å². The molecule has 0 heterocycles. The number of ether oxygens (including phenoxy) is 1. The number of halogens is 3. The van der Waals surface area contributed by atoms with Crippen molar-refractivity contribution in [3.63, 3.8) is 0 Å². The van der Waals surface area contributed by atoms with Crippen LogP contribution in [0.4, 0.5) is 18.9 Å². The normalized spacial score (nSPS) is 13.7. The van der Waals surface area contributed by atoms with E-state index in [1.807, 2.05) is 13.8 Å². The topological polar surface area (TPSA) is 55.5 Å². The third-order valence-corrected chi connectivity index (χ3v) is 2.35. The van der Waals surface area contributed by atoms with Gasteiger partial charge in [-0.15, -0.1) is 13.2 Å². The standard InChI is InChI=1S/C12H16F3NO2/c1-7(2)5-11(17)9-6-8(3-4-10(9)16)18-12(13,14)15/h3-4,6-7,11,17H,5,16H2,1-2H3.